The molecule has 4 aliphatic carbocycles. The van der Waals surface area contributed by atoms with Crippen molar-refractivity contribution in [3.63, 3.8) is 0 Å². The lowest BCUT2D eigenvalue weighted by Crippen LogP contribution is -2.59. The first-order chi connectivity index (χ1) is 13.6. The van der Waals surface area contributed by atoms with E-state index in [9.17, 15) is 0 Å². The van der Waals surface area contributed by atoms with E-state index in [4.69, 9.17) is 10.1 Å². The quantitative estimate of drug-likeness (QED) is 0.703. The molecule has 3 heterocycles. The highest BCUT2D eigenvalue weighted by atomic mass is 15.4. The van der Waals surface area contributed by atoms with E-state index in [2.05, 4.69) is 30.5 Å². The van der Waals surface area contributed by atoms with Crippen LogP contribution in [-0.2, 0) is 11.0 Å². The van der Waals surface area contributed by atoms with Crippen LogP contribution in [-0.4, -0.2) is 34.5 Å². The molecule has 0 N–H and O–H groups in total. The molecule has 2 unspecified atom stereocenters. The summed E-state index contributed by atoms with van der Waals surface area (Å²) in [6.07, 6.45) is 12.7. The molecule has 0 spiro atoms. The molecule has 28 heavy (non-hydrogen) atoms. The predicted octanol–water partition coefficient (Wildman–Crippen LogP) is 3.12. The fraction of sp³-hybridized carbons (Fsp3) is 0.571. The molecular weight excluding hydrogens is 350 g/mol. The summed E-state index contributed by atoms with van der Waals surface area (Å²) in [5.74, 6) is 3.44. The molecule has 0 saturated heterocycles. The monoisotopic (exact) mass is 375 g/mol. The number of nitrogens with zero attached hydrogens (tertiary/aromatic N) is 7. The van der Waals surface area contributed by atoms with E-state index in [0.29, 0.717) is 0 Å². The van der Waals surface area contributed by atoms with Gasteiger partial charge < -0.3 is 0 Å². The molecule has 4 aliphatic rings. The van der Waals surface area contributed by atoms with Gasteiger partial charge in [0.15, 0.2) is 0 Å². The van der Waals surface area contributed by atoms with Gasteiger partial charge in [-0.2, -0.15) is 10.2 Å². The number of hydrogen-bond donors (Lipinski definition) is 0. The largest absolute Gasteiger partial charge is 0.261 e. The van der Waals surface area contributed by atoms with Crippen molar-refractivity contribution in [1.29, 1.82) is 0 Å². The summed E-state index contributed by atoms with van der Waals surface area (Å²) in [5.41, 5.74) is 2.21. The number of rotatable bonds is 3. The van der Waals surface area contributed by atoms with Gasteiger partial charge in [-0.1, -0.05) is 0 Å². The molecule has 2 atom stereocenters. The zero-order valence-electron chi connectivity index (χ0n) is 16.4. The Balaban J connectivity index is 1.50. The Hall–Kier alpha value is -2.57. The van der Waals surface area contributed by atoms with Gasteiger partial charge in [-0.3, -0.25) is 4.98 Å². The fourth-order valence-electron chi connectivity index (χ4n) is 6.80. The van der Waals surface area contributed by atoms with Crippen molar-refractivity contribution < 1.29 is 0 Å². The Labute approximate surface area is 164 Å². The minimum absolute atomic E-state index is 0.0640. The molecule has 0 aromatic carbocycles. The first-order valence-electron chi connectivity index (χ1n) is 10.3. The van der Waals surface area contributed by atoms with Crippen LogP contribution in [0.25, 0.3) is 5.69 Å². The fourth-order valence-corrected chi connectivity index (χ4v) is 6.80. The molecule has 4 saturated carbocycles. The van der Waals surface area contributed by atoms with Crippen LogP contribution in [0, 0.1) is 25.7 Å². The number of aromatic nitrogens is 7. The van der Waals surface area contributed by atoms with E-state index >= 15 is 0 Å². The van der Waals surface area contributed by atoms with Crippen molar-refractivity contribution in [2.24, 2.45) is 11.8 Å². The molecule has 0 amide bonds. The Bertz CT molecular complexity index is 1020. The van der Waals surface area contributed by atoms with Gasteiger partial charge in [0.2, 0.25) is 0 Å². The van der Waals surface area contributed by atoms with Crippen molar-refractivity contribution in [3.8, 4) is 5.69 Å². The minimum Gasteiger partial charge on any atom is -0.261 e. The Morgan fingerprint density at radius 3 is 2.64 bits per heavy atom. The Morgan fingerprint density at radius 1 is 1.11 bits per heavy atom. The third kappa shape index (κ3) is 2.25. The minimum atomic E-state index is 0.0640. The maximum absolute atomic E-state index is 5.01. The molecule has 7 heteroatoms. The van der Waals surface area contributed by atoms with E-state index in [1.807, 2.05) is 32.4 Å². The smallest absolute Gasteiger partial charge is 0.148 e. The van der Waals surface area contributed by atoms with Gasteiger partial charge in [-0.05, 0) is 76.3 Å². The van der Waals surface area contributed by atoms with Crippen molar-refractivity contribution in [1.82, 2.24) is 34.5 Å². The lowest BCUT2D eigenvalue weighted by atomic mass is 9.46. The highest BCUT2D eigenvalue weighted by Crippen LogP contribution is 2.64. The van der Waals surface area contributed by atoms with Crippen molar-refractivity contribution in [2.75, 3.05) is 0 Å². The SMILES string of the molecule is Cc1cc(-n2nc(C)nc2C23CC4CC(C2)CC(n2cncn2)(C4)C3)ccn1. The third-order valence-corrected chi connectivity index (χ3v) is 7.25. The molecule has 4 fully saturated rings. The van der Waals surface area contributed by atoms with Gasteiger partial charge in [0, 0.05) is 17.3 Å². The highest BCUT2D eigenvalue weighted by molar-refractivity contribution is 5.35. The van der Waals surface area contributed by atoms with Crippen LogP contribution in [0.15, 0.2) is 31.0 Å². The standard InChI is InChI=1S/C21H25N7/c1-14-5-18(3-4-23-14)28-19(25-15(2)26-28)20-7-16-6-17(8-20)10-21(9-16,11-20)27-13-22-12-24-27/h3-5,12-13,16-17H,6-11H2,1-2H3. The number of pyridine rings is 1. The van der Waals surface area contributed by atoms with E-state index in [1.54, 1.807) is 6.33 Å². The molecule has 0 aliphatic heterocycles. The Morgan fingerprint density at radius 2 is 1.93 bits per heavy atom. The van der Waals surface area contributed by atoms with E-state index in [1.165, 1.54) is 32.1 Å². The van der Waals surface area contributed by atoms with Crippen LogP contribution in [0.2, 0.25) is 0 Å². The van der Waals surface area contributed by atoms with Gasteiger partial charge in [0.1, 0.15) is 24.3 Å². The summed E-state index contributed by atoms with van der Waals surface area (Å²) in [7, 11) is 0. The summed E-state index contributed by atoms with van der Waals surface area (Å²) >= 11 is 0. The van der Waals surface area contributed by atoms with Gasteiger partial charge in [-0.15, -0.1) is 0 Å². The number of aryl methyl sites for hydroxylation is 2. The molecule has 4 bridgehead atoms. The van der Waals surface area contributed by atoms with Crippen molar-refractivity contribution >= 4 is 0 Å². The van der Waals surface area contributed by atoms with Crippen LogP contribution in [0.3, 0.4) is 0 Å². The van der Waals surface area contributed by atoms with Crippen molar-refractivity contribution in [2.45, 2.75) is 63.3 Å². The average molecular weight is 375 g/mol. The summed E-state index contributed by atoms with van der Waals surface area (Å²) in [4.78, 5) is 13.6. The zero-order valence-corrected chi connectivity index (χ0v) is 16.4. The van der Waals surface area contributed by atoms with E-state index in [-0.39, 0.29) is 11.0 Å². The molecule has 3 aromatic rings. The van der Waals surface area contributed by atoms with Gasteiger partial charge in [0.05, 0.1) is 11.2 Å². The lowest BCUT2D eigenvalue weighted by molar-refractivity contribution is -0.0723. The first kappa shape index (κ1) is 16.4. The lowest BCUT2D eigenvalue weighted by Gasteiger charge is -2.61. The first-order valence-corrected chi connectivity index (χ1v) is 10.3. The topological polar surface area (TPSA) is 74.3 Å². The van der Waals surface area contributed by atoms with Crippen LogP contribution < -0.4 is 0 Å². The van der Waals surface area contributed by atoms with E-state index in [0.717, 1.165) is 41.3 Å². The van der Waals surface area contributed by atoms with E-state index < -0.39 is 0 Å². The van der Waals surface area contributed by atoms with Gasteiger partial charge in [0.25, 0.3) is 0 Å². The summed E-state index contributed by atoms with van der Waals surface area (Å²) in [5, 5.41) is 9.39. The van der Waals surface area contributed by atoms with Crippen LogP contribution >= 0.6 is 0 Å². The maximum atomic E-state index is 5.01. The molecular formula is C21H25N7. The highest BCUT2D eigenvalue weighted by Gasteiger charge is 2.61. The molecule has 3 aromatic heterocycles. The zero-order chi connectivity index (χ0) is 18.9. The average Bonchev–Trinajstić information content (AvgIpc) is 3.31. The second-order valence-electron chi connectivity index (χ2n) is 9.36. The molecule has 0 radical (unpaired) electrons. The molecule has 7 rings (SSSR count). The summed E-state index contributed by atoms with van der Waals surface area (Å²) in [6.45, 7) is 4.03. The summed E-state index contributed by atoms with van der Waals surface area (Å²) < 4.78 is 4.25. The van der Waals surface area contributed by atoms with Crippen LogP contribution in [0.1, 0.15) is 55.9 Å². The second-order valence-corrected chi connectivity index (χ2v) is 9.36. The predicted molar refractivity (Wildman–Crippen MR) is 103 cm³/mol. The van der Waals surface area contributed by atoms with Crippen LogP contribution in [0.5, 0.6) is 0 Å². The molecule has 144 valence electrons. The molecule has 7 nitrogen and oxygen atoms in total. The number of hydrogen-bond acceptors (Lipinski definition) is 5. The van der Waals surface area contributed by atoms with Gasteiger partial charge >= 0.3 is 0 Å². The third-order valence-electron chi connectivity index (χ3n) is 7.25. The Kier molecular flexibility index (Phi) is 3.21. The van der Waals surface area contributed by atoms with Crippen molar-refractivity contribution in [3.05, 3.63) is 48.3 Å². The maximum Gasteiger partial charge on any atom is 0.148 e. The van der Waals surface area contributed by atoms with Gasteiger partial charge in [-0.25, -0.2) is 19.3 Å². The summed E-state index contributed by atoms with van der Waals surface area (Å²) in [6, 6.07) is 4.14. The second kappa shape index (κ2) is 5.49. The van der Waals surface area contributed by atoms with Crippen LogP contribution in [0.4, 0.5) is 0 Å². The normalized spacial score (nSPS) is 33.5.